The van der Waals surface area contributed by atoms with Crippen molar-refractivity contribution in [1.29, 1.82) is 0 Å². The number of anilines is 1. The van der Waals surface area contributed by atoms with Gasteiger partial charge in [-0.2, -0.15) is 0 Å². The van der Waals surface area contributed by atoms with Crippen molar-refractivity contribution in [3.8, 4) is 17.2 Å². The van der Waals surface area contributed by atoms with E-state index in [2.05, 4.69) is 22.5 Å². The zero-order valence-electron chi connectivity index (χ0n) is 18.9. The first-order valence-electron chi connectivity index (χ1n) is 10.0. The molecule has 0 atom stereocenters. The van der Waals surface area contributed by atoms with Gasteiger partial charge in [0.25, 0.3) is 5.91 Å². The molecule has 1 heterocycles. The molecule has 0 bridgehead atoms. The molecule has 0 aliphatic carbocycles. The number of hydrogen-bond acceptors (Lipinski definition) is 7. The normalized spacial score (nSPS) is 14.4. The second kappa shape index (κ2) is 11.2. The highest BCUT2D eigenvalue weighted by Crippen LogP contribution is 2.38. The van der Waals surface area contributed by atoms with E-state index in [1.54, 1.807) is 55.7 Å². The summed E-state index contributed by atoms with van der Waals surface area (Å²) in [6.45, 7) is 3.72. The monoisotopic (exact) mass is 546 g/mol. The zero-order valence-corrected chi connectivity index (χ0v) is 21.3. The molecule has 10 heteroatoms. The number of nitrogens with zero attached hydrogens (tertiary/aromatic N) is 2. The van der Waals surface area contributed by atoms with Crippen LogP contribution >= 0.6 is 28.1 Å². The van der Waals surface area contributed by atoms with Crippen LogP contribution in [0.1, 0.15) is 5.56 Å². The summed E-state index contributed by atoms with van der Waals surface area (Å²) in [6, 6.07) is 10.4. The van der Waals surface area contributed by atoms with Crippen LogP contribution in [0.2, 0.25) is 0 Å². The SMILES string of the molecule is C=CCOc1c(Br)cc(/C=C2/C(=O)N(c3ccc(OC)cc3)C(=S)N2CC(=O)OC)cc1OC. The first-order valence-corrected chi connectivity index (χ1v) is 11.2. The molecule has 0 N–H and O–H groups in total. The molecule has 0 saturated carbocycles. The van der Waals surface area contributed by atoms with Crippen molar-refractivity contribution < 1.29 is 28.5 Å². The number of carbonyl (C=O) groups excluding carboxylic acids is 2. The largest absolute Gasteiger partial charge is 0.497 e. The van der Waals surface area contributed by atoms with Crippen LogP contribution in [0.15, 0.2) is 59.2 Å². The van der Waals surface area contributed by atoms with Gasteiger partial charge >= 0.3 is 5.97 Å². The quantitative estimate of drug-likeness (QED) is 0.200. The van der Waals surface area contributed by atoms with Crippen LogP contribution in [-0.4, -0.2) is 56.4 Å². The van der Waals surface area contributed by atoms with Gasteiger partial charge in [-0.1, -0.05) is 12.7 Å². The third-order valence-corrected chi connectivity index (χ3v) is 5.87. The van der Waals surface area contributed by atoms with Gasteiger partial charge in [0.05, 0.1) is 31.5 Å². The molecule has 2 aromatic rings. The Morgan fingerprint density at radius 3 is 2.44 bits per heavy atom. The molecule has 1 fully saturated rings. The van der Waals surface area contributed by atoms with Gasteiger partial charge in [-0.3, -0.25) is 14.5 Å². The highest BCUT2D eigenvalue weighted by atomic mass is 79.9. The molecule has 2 aromatic carbocycles. The Hall–Kier alpha value is -3.37. The van der Waals surface area contributed by atoms with Gasteiger partial charge in [0.2, 0.25) is 0 Å². The van der Waals surface area contributed by atoms with E-state index in [0.29, 0.717) is 39.6 Å². The van der Waals surface area contributed by atoms with Crippen molar-refractivity contribution in [1.82, 2.24) is 4.90 Å². The topological polar surface area (TPSA) is 77.5 Å². The first kappa shape index (κ1) is 25.3. The van der Waals surface area contributed by atoms with Crippen LogP contribution in [0.5, 0.6) is 17.2 Å². The van der Waals surface area contributed by atoms with Gasteiger partial charge in [0.1, 0.15) is 24.6 Å². The average Bonchev–Trinajstić information content (AvgIpc) is 3.06. The van der Waals surface area contributed by atoms with E-state index in [0.717, 1.165) is 0 Å². The van der Waals surface area contributed by atoms with Crippen LogP contribution in [-0.2, 0) is 14.3 Å². The molecule has 178 valence electrons. The van der Waals surface area contributed by atoms with E-state index in [-0.39, 0.29) is 23.3 Å². The number of rotatable bonds is 9. The lowest BCUT2D eigenvalue weighted by molar-refractivity contribution is -0.140. The summed E-state index contributed by atoms with van der Waals surface area (Å²) in [6.07, 6.45) is 3.25. The summed E-state index contributed by atoms with van der Waals surface area (Å²) < 4.78 is 21.7. The van der Waals surface area contributed by atoms with Crippen LogP contribution in [0.25, 0.3) is 6.08 Å². The molecule has 1 saturated heterocycles. The lowest BCUT2D eigenvalue weighted by atomic mass is 10.1. The van der Waals surface area contributed by atoms with Gasteiger partial charge in [0.15, 0.2) is 16.6 Å². The highest BCUT2D eigenvalue weighted by Gasteiger charge is 2.40. The smallest absolute Gasteiger partial charge is 0.325 e. The maximum Gasteiger partial charge on any atom is 0.325 e. The van der Waals surface area contributed by atoms with Gasteiger partial charge in [-0.25, -0.2) is 0 Å². The Bertz CT molecular complexity index is 1150. The van der Waals surface area contributed by atoms with Crippen molar-refractivity contribution in [2.24, 2.45) is 0 Å². The van der Waals surface area contributed by atoms with Crippen molar-refractivity contribution in [3.63, 3.8) is 0 Å². The molecule has 1 amide bonds. The minimum absolute atomic E-state index is 0.156. The molecule has 34 heavy (non-hydrogen) atoms. The molecule has 1 aliphatic heterocycles. The fraction of sp³-hybridized carbons (Fsp3) is 0.208. The van der Waals surface area contributed by atoms with Crippen LogP contribution in [0.4, 0.5) is 5.69 Å². The first-order chi connectivity index (χ1) is 16.3. The van der Waals surface area contributed by atoms with Crippen molar-refractivity contribution in [3.05, 3.63) is 64.8 Å². The summed E-state index contributed by atoms with van der Waals surface area (Å²) in [5.74, 6) is 0.677. The van der Waals surface area contributed by atoms with Crippen molar-refractivity contribution in [2.45, 2.75) is 0 Å². The second-order valence-corrected chi connectivity index (χ2v) is 8.17. The summed E-state index contributed by atoms with van der Waals surface area (Å²) in [5.41, 5.74) is 1.38. The summed E-state index contributed by atoms with van der Waals surface area (Å²) in [4.78, 5) is 28.4. The summed E-state index contributed by atoms with van der Waals surface area (Å²) in [5, 5.41) is 0.156. The number of halogens is 1. The Morgan fingerprint density at radius 2 is 1.85 bits per heavy atom. The lowest BCUT2D eigenvalue weighted by Crippen LogP contribution is -2.35. The fourth-order valence-electron chi connectivity index (χ4n) is 3.25. The Balaban J connectivity index is 2.06. The Labute approximate surface area is 211 Å². The highest BCUT2D eigenvalue weighted by molar-refractivity contribution is 9.10. The number of benzene rings is 2. The number of thiocarbonyl (C=S) groups is 1. The number of hydrogen-bond donors (Lipinski definition) is 0. The molecule has 1 aliphatic rings. The molecular weight excluding hydrogens is 524 g/mol. The summed E-state index contributed by atoms with van der Waals surface area (Å²) in [7, 11) is 4.35. The van der Waals surface area contributed by atoms with E-state index in [1.165, 1.54) is 24.0 Å². The maximum absolute atomic E-state index is 13.5. The molecule has 0 aromatic heterocycles. The third-order valence-electron chi connectivity index (χ3n) is 4.88. The molecular formula is C24H23BrN2O6S. The van der Waals surface area contributed by atoms with Gasteiger partial charge < -0.3 is 23.8 Å². The van der Waals surface area contributed by atoms with Crippen LogP contribution in [0, 0.1) is 0 Å². The average molecular weight is 547 g/mol. The Kier molecular flexibility index (Phi) is 8.30. The minimum atomic E-state index is -0.537. The number of carbonyl (C=O) groups is 2. The number of methoxy groups -OCH3 is 3. The van der Waals surface area contributed by atoms with E-state index in [1.807, 2.05) is 0 Å². The van der Waals surface area contributed by atoms with Gasteiger partial charge in [-0.15, -0.1) is 0 Å². The van der Waals surface area contributed by atoms with Crippen LogP contribution < -0.4 is 19.1 Å². The molecule has 0 radical (unpaired) electrons. The molecule has 8 nitrogen and oxygen atoms in total. The predicted molar refractivity (Wildman–Crippen MR) is 136 cm³/mol. The van der Waals surface area contributed by atoms with E-state index >= 15 is 0 Å². The number of ether oxygens (including phenoxy) is 4. The second-order valence-electron chi connectivity index (χ2n) is 6.95. The lowest BCUT2D eigenvalue weighted by Gasteiger charge is -2.19. The zero-order chi connectivity index (χ0) is 24.8. The number of amides is 1. The van der Waals surface area contributed by atoms with E-state index < -0.39 is 5.97 Å². The molecule has 3 rings (SSSR count). The van der Waals surface area contributed by atoms with Crippen molar-refractivity contribution >= 4 is 56.9 Å². The standard InChI is InChI=1S/C24H23BrN2O6S/c1-5-10-33-22-18(25)11-15(13-20(22)31-3)12-19-23(29)27(16-6-8-17(30-2)9-7-16)24(34)26(19)14-21(28)32-4/h5-9,11-13H,1,10,14H2,2-4H3/b19-12-. The fourth-order valence-corrected chi connectivity index (χ4v) is 4.17. The predicted octanol–water partition coefficient (Wildman–Crippen LogP) is 4.18. The maximum atomic E-state index is 13.5. The molecule has 0 unspecified atom stereocenters. The van der Waals surface area contributed by atoms with Gasteiger partial charge in [-0.05, 0) is 76.2 Å². The van der Waals surface area contributed by atoms with Gasteiger partial charge in [0, 0.05) is 0 Å². The van der Waals surface area contributed by atoms with E-state index in [4.69, 9.17) is 31.2 Å². The van der Waals surface area contributed by atoms with Crippen molar-refractivity contribution in [2.75, 3.05) is 39.4 Å². The minimum Gasteiger partial charge on any atom is -0.497 e. The third kappa shape index (κ3) is 5.23. The van der Waals surface area contributed by atoms with Crippen LogP contribution in [0.3, 0.4) is 0 Å². The number of esters is 1. The van der Waals surface area contributed by atoms with E-state index in [9.17, 15) is 9.59 Å². The molecule has 0 spiro atoms. The summed E-state index contributed by atoms with van der Waals surface area (Å²) >= 11 is 9.06. The Morgan fingerprint density at radius 1 is 1.15 bits per heavy atom.